The standard InChI is InChI=1S/C2H6.2ClH.Ni/c1-2;;;/h1-2H3;2*1H;/q;;;+2/p-2. The van der Waals surface area contributed by atoms with Crippen LogP contribution < -0.4 is 0 Å². The average molecular weight is 160 g/mol. The molecule has 3 heteroatoms. The summed E-state index contributed by atoms with van der Waals surface area (Å²) >= 11 is 0.569. The predicted molar refractivity (Wildman–Crippen MR) is 23.1 cm³/mol. The summed E-state index contributed by atoms with van der Waals surface area (Å²) in [5.41, 5.74) is 0. The Labute approximate surface area is 47.2 Å². The quantitative estimate of drug-likeness (QED) is 0.477. The first-order valence-corrected chi connectivity index (χ1v) is 3.96. The van der Waals surface area contributed by atoms with Crippen molar-refractivity contribution in [2.24, 2.45) is 0 Å². The molecule has 0 bridgehead atoms. The van der Waals surface area contributed by atoms with Crippen LogP contribution in [0.15, 0.2) is 0 Å². The second-order valence-corrected chi connectivity index (χ2v) is 1.68. The van der Waals surface area contributed by atoms with E-state index in [0.29, 0.717) is 12.7 Å². The third-order valence-corrected chi connectivity index (χ3v) is 0. The fourth-order valence-corrected chi connectivity index (χ4v) is 0. The Morgan fingerprint density at radius 3 is 1.20 bits per heavy atom. The van der Waals surface area contributed by atoms with Crippen molar-refractivity contribution in [3.05, 3.63) is 0 Å². The first-order chi connectivity index (χ1) is 2.41. The molecule has 0 radical (unpaired) electrons. The van der Waals surface area contributed by atoms with Gasteiger partial charge in [-0.2, -0.15) is 0 Å². The van der Waals surface area contributed by atoms with E-state index in [2.05, 4.69) is 0 Å². The minimum atomic E-state index is 0.569. The van der Waals surface area contributed by atoms with Crippen LogP contribution in [0.1, 0.15) is 13.8 Å². The first kappa shape index (κ1) is 9.42. The van der Waals surface area contributed by atoms with Gasteiger partial charge in [-0.15, -0.1) is 0 Å². The summed E-state index contributed by atoms with van der Waals surface area (Å²) in [6.45, 7) is 4.00. The van der Waals surface area contributed by atoms with Crippen LogP contribution in [0, 0.1) is 0 Å². The average Bonchev–Trinajstić information content (AvgIpc) is 1.46. The molecular weight excluding hydrogens is 154 g/mol. The van der Waals surface area contributed by atoms with Gasteiger partial charge < -0.3 is 0 Å². The van der Waals surface area contributed by atoms with Gasteiger partial charge in [0.15, 0.2) is 0 Å². The molecule has 0 atom stereocenters. The fraction of sp³-hybridized carbons (Fsp3) is 1.00. The van der Waals surface area contributed by atoms with Crippen LogP contribution in [0.2, 0.25) is 0 Å². The summed E-state index contributed by atoms with van der Waals surface area (Å²) < 4.78 is 0. The van der Waals surface area contributed by atoms with E-state index in [9.17, 15) is 0 Å². The van der Waals surface area contributed by atoms with Gasteiger partial charge in [0.25, 0.3) is 0 Å². The van der Waals surface area contributed by atoms with E-state index in [1.54, 1.807) is 0 Å². The van der Waals surface area contributed by atoms with Crippen LogP contribution in [0.5, 0.6) is 0 Å². The molecule has 0 rings (SSSR count). The summed E-state index contributed by atoms with van der Waals surface area (Å²) in [6, 6.07) is 0. The summed E-state index contributed by atoms with van der Waals surface area (Å²) in [5, 5.41) is 0. The zero-order valence-electron chi connectivity index (χ0n) is 3.07. The van der Waals surface area contributed by atoms with Gasteiger partial charge in [0.2, 0.25) is 0 Å². The fourth-order valence-electron chi connectivity index (χ4n) is 0. The summed E-state index contributed by atoms with van der Waals surface area (Å²) in [6.07, 6.45) is 0. The molecule has 0 saturated heterocycles. The Morgan fingerprint density at radius 2 is 1.20 bits per heavy atom. The minimum absolute atomic E-state index is 0.569. The molecule has 0 aromatic heterocycles. The van der Waals surface area contributed by atoms with Gasteiger partial charge in [-0.05, 0) is 0 Å². The van der Waals surface area contributed by atoms with Crippen molar-refractivity contribution in [1.82, 2.24) is 0 Å². The van der Waals surface area contributed by atoms with E-state index in [1.165, 1.54) is 0 Å². The molecule has 0 aromatic rings. The van der Waals surface area contributed by atoms with Gasteiger partial charge in [-0.1, -0.05) is 13.8 Å². The molecule has 0 heterocycles. The third kappa shape index (κ3) is 41.6. The van der Waals surface area contributed by atoms with Crippen molar-refractivity contribution in [2.75, 3.05) is 0 Å². The Morgan fingerprint density at radius 1 is 1.20 bits per heavy atom. The van der Waals surface area contributed by atoms with Crippen LogP contribution in [0.25, 0.3) is 0 Å². The zero-order valence-corrected chi connectivity index (χ0v) is 5.57. The van der Waals surface area contributed by atoms with Crippen LogP contribution in [-0.4, -0.2) is 0 Å². The van der Waals surface area contributed by atoms with Crippen molar-refractivity contribution in [2.45, 2.75) is 13.8 Å². The van der Waals surface area contributed by atoms with E-state index in [0.717, 1.165) is 0 Å². The normalized spacial score (nSPS) is 5.60. The molecule has 38 valence electrons. The van der Waals surface area contributed by atoms with Crippen molar-refractivity contribution in [3.63, 3.8) is 0 Å². The molecule has 0 saturated carbocycles. The second kappa shape index (κ2) is 19.6. The van der Waals surface area contributed by atoms with Gasteiger partial charge in [0, 0.05) is 0 Å². The maximum absolute atomic E-state index is 4.70. The van der Waals surface area contributed by atoms with Gasteiger partial charge in [-0.3, -0.25) is 0 Å². The van der Waals surface area contributed by atoms with E-state index in [1.807, 2.05) is 13.8 Å². The molecule has 0 aliphatic heterocycles. The summed E-state index contributed by atoms with van der Waals surface area (Å²) in [5.74, 6) is 0. The summed E-state index contributed by atoms with van der Waals surface area (Å²) in [7, 11) is 9.40. The van der Waals surface area contributed by atoms with Gasteiger partial charge >= 0.3 is 33.0 Å². The number of rotatable bonds is 0. The van der Waals surface area contributed by atoms with E-state index in [4.69, 9.17) is 20.4 Å². The van der Waals surface area contributed by atoms with E-state index >= 15 is 0 Å². The number of hydrogen-bond acceptors (Lipinski definition) is 0. The van der Waals surface area contributed by atoms with Gasteiger partial charge in [0.05, 0.1) is 0 Å². The maximum atomic E-state index is 4.70. The Balaban J connectivity index is 0. The molecular formula is C2H6Cl2Ni. The number of halogens is 2. The topological polar surface area (TPSA) is 0 Å². The van der Waals surface area contributed by atoms with Gasteiger partial charge in [0.1, 0.15) is 0 Å². The molecule has 0 fully saturated rings. The van der Waals surface area contributed by atoms with Crippen molar-refractivity contribution < 1.29 is 12.7 Å². The summed E-state index contributed by atoms with van der Waals surface area (Å²) in [4.78, 5) is 0. The molecule has 0 unspecified atom stereocenters. The third-order valence-electron chi connectivity index (χ3n) is 0. The van der Waals surface area contributed by atoms with Crippen LogP contribution in [-0.2, 0) is 12.7 Å². The van der Waals surface area contributed by atoms with Crippen molar-refractivity contribution in [3.8, 4) is 0 Å². The molecule has 0 nitrogen and oxygen atoms in total. The molecule has 5 heavy (non-hydrogen) atoms. The SMILES string of the molecule is CC.[Cl][Ni][Cl]. The van der Waals surface area contributed by atoms with Crippen LogP contribution in [0.3, 0.4) is 0 Å². The molecule has 0 spiro atoms. The van der Waals surface area contributed by atoms with Crippen molar-refractivity contribution in [1.29, 1.82) is 0 Å². The Kier molecular flexibility index (Phi) is 36.9. The molecule has 0 N–H and O–H groups in total. The van der Waals surface area contributed by atoms with Crippen LogP contribution in [0.4, 0.5) is 0 Å². The van der Waals surface area contributed by atoms with Crippen molar-refractivity contribution >= 4 is 20.4 Å². The zero-order chi connectivity index (χ0) is 4.71. The van der Waals surface area contributed by atoms with Crippen LogP contribution >= 0.6 is 20.4 Å². The molecule has 0 aromatic carbocycles. The monoisotopic (exact) mass is 158 g/mol. The predicted octanol–water partition coefficient (Wildman–Crippen LogP) is 2.40. The number of hydrogen-bond donors (Lipinski definition) is 0. The van der Waals surface area contributed by atoms with E-state index < -0.39 is 0 Å². The molecule has 0 amide bonds. The Bertz CT molecular complexity index is 7.61. The second-order valence-electron chi connectivity index (χ2n) is 0.0452. The Hall–Kier alpha value is 1.07. The van der Waals surface area contributed by atoms with Gasteiger partial charge in [-0.25, -0.2) is 0 Å². The van der Waals surface area contributed by atoms with E-state index in [-0.39, 0.29) is 0 Å². The molecule has 0 aliphatic carbocycles. The molecule has 0 aliphatic rings. The first-order valence-electron chi connectivity index (χ1n) is 1.24.